The summed E-state index contributed by atoms with van der Waals surface area (Å²) in [6.07, 6.45) is 0. The highest BCUT2D eigenvalue weighted by atomic mass is 79.9. The quantitative estimate of drug-likeness (QED) is 0.452. The molecule has 0 spiro atoms. The van der Waals surface area contributed by atoms with Crippen LogP contribution in [0.1, 0.15) is 10.4 Å². The fraction of sp³-hybridized carbons (Fsp3) is 0.118. The van der Waals surface area contributed by atoms with Gasteiger partial charge >= 0.3 is 0 Å². The van der Waals surface area contributed by atoms with Crippen LogP contribution in [-0.4, -0.2) is 4.98 Å². The number of benzene rings is 2. The van der Waals surface area contributed by atoms with E-state index in [1.165, 1.54) is 10.4 Å². The van der Waals surface area contributed by atoms with Crippen molar-refractivity contribution in [2.45, 2.75) is 13.8 Å². The molecule has 1 nitrogen and oxygen atoms in total. The van der Waals surface area contributed by atoms with Gasteiger partial charge in [0.2, 0.25) is 0 Å². The summed E-state index contributed by atoms with van der Waals surface area (Å²) in [7, 11) is 0. The minimum atomic E-state index is 1.06. The van der Waals surface area contributed by atoms with Gasteiger partial charge in [-0.25, -0.2) is 4.98 Å². The Balaban J connectivity index is 2.04. The van der Waals surface area contributed by atoms with Crippen LogP contribution in [0.2, 0.25) is 0 Å². The molecule has 4 heteroatoms. The van der Waals surface area contributed by atoms with Crippen molar-refractivity contribution in [3.63, 3.8) is 0 Å². The van der Waals surface area contributed by atoms with Crippen molar-refractivity contribution in [3.05, 3.63) is 61.9 Å². The van der Waals surface area contributed by atoms with Crippen LogP contribution in [0.5, 0.6) is 0 Å². The zero-order valence-corrected chi connectivity index (χ0v) is 15.6. The number of thiazole rings is 1. The molecule has 0 saturated heterocycles. The van der Waals surface area contributed by atoms with Crippen LogP contribution < -0.4 is 0 Å². The molecule has 1 aromatic heterocycles. The van der Waals surface area contributed by atoms with Crippen molar-refractivity contribution in [1.82, 2.24) is 4.98 Å². The first-order valence-electron chi connectivity index (χ1n) is 6.54. The van der Waals surface area contributed by atoms with E-state index in [9.17, 15) is 0 Å². The fourth-order valence-corrected chi connectivity index (χ4v) is 3.70. The zero-order chi connectivity index (χ0) is 15.0. The Bertz CT molecular complexity index is 791. The van der Waals surface area contributed by atoms with Gasteiger partial charge in [-0.3, -0.25) is 0 Å². The molecule has 3 rings (SSSR count). The van der Waals surface area contributed by atoms with E-state index in [0.29, 0.717) is 0 Å². The Morgan fingerprint density at radius 3 is 2.24 bits per heavy atom. The monoisotopic (exact) mass is 421 g/mol. The second-order valence-electron chi connectivity index (χ2n) is 4.89. The molecule has 0 unspecified atom stereocenters. The van der Waals surface area contributed by atoms with E-state index in [-0.39, 0.29) is 0 Å². The van der Waals surface area contributed by atoms with Crippen molar-refractivity contribution in [2.24, 2.45) is 0 Å². The molecule has 0 bridgehead atoms. The van der Waals surface area contributed by atoms with Crippen molar-refractivity contribution in [2.75, 3.05) is 0 Å². The summed E-state index contributed by atoms with van der Waals surface area (Å²) < 4.78 is 2.21. The summed E-state index contributed by atoms with van der Waals surface area (Å²) >= 11 is 8.80. The highest BCUT2D eigenvalue weighted by molar-refractivity contribution is 9.10. The lowest BCUT2D eigenvalue weighted by molar-refractivity contribution is 1.36. The normalized spacial score (nSPS) is 10.9. The van der Waals surface area contributed by atoms with Crippen LogP contribution >= 0.6 is 43.2 Å². The highest BCUT2D eigenvalue weighted by Crippen LogP contribution is 2.35. The van der Waals surface area contributed by atoms with E-state index in [4.69, 9.17) is 4.98 Å². The predicted octanol–water partition coefficient (Wildman–Crippen LogP) is 6.62. The molecule has 0 aliphatic rings. The molecule has 0 radical (unpaired) electrons. The maximum absolute atomic E-state index is 4.83. The van der Waals surface area contributed by atoms with Gasteiger partial charge in [0.05, 0.1) is 5.69 Å². The van der Waals surface area contributed by atoms with E-state index >= 15 is 0 Å². The molecule has 106 valence electrons. The van der Waals surface area contributed by atoms with Gasteiger partial charge in [0.15, 0.2) is 0 Å². The van der Waals surface area contributed by atoms with Crippen molar-refractivity contribution < 1.29 is 0 Å². The second kappa shape index (κ2) is 6.03. The fourth-order valence-electron chi connectivity index (χ4n) is 2.12. The van der Waals surface area contributed by atoms with Gasteiger partial charge < -0.3 is 0 Å². The Hall–Kier alpha value is -0.970. The highest BCUT2D eigenvalue weighted by Gasteiger charge is 2.12. The second-order valence-corrected chi connectivity index (χ2v) is 7.87. The Morgan fingerprint density at radius 1 is 0.905 bits per heavy atom. The van der Waals surface area contributed by atoms with Crippen LogP contribution in [0.4, 0.5) is 0 Å². The van der Waals surface area contributed by atoms with E-state index in [1.54, 1.807) is 11.3 Å². The number of halogens is 2. The van der Waals surface area contributed by atoms with E-state index in [0.717, 1.165) is 30.8 Å². The number of rotatable bonds is 2. The maximum atomic E-state index is 4.83. The van der Waals surface area contributed by atoms with Crippen molar-refractivity contribution >= 4 is 43.2 Å². The lowest BCUT2D eigenvalue weighted by Crippen LogP contribution is -1.82. The van der Waals surface area contributed by atoms with Crippen LogP contribution in [0.25, 0.3) is 21.8 Å². The molecule has 3 aromatic rings. The number of aromatic nitrogens is 1. The standard InChI is InChI=1S/C17H13Br2NS/c1-10-3-4-13(9-15(10)19)17-20-16(11(2)21-17)12-5-7-14(18)8-6-12/h3-9H,1-2H3. The van der Waals surface area contributed by atoms with E-state index in [2.05, 4.69) is 88.2 Å². The molecule has 2 aromatic carbocycles. The lowest BCUT2D eigenvalue weighted by Gasteiger charge is -2.01. The number of hydrogen-bond acceptors (Lipinski definition) is 2. The largest absolute Gasteiger partial charge is 0.236 e. The summed E-state index contributed by atoms with van der Waals surface area (Å²) in [6.45, 7) is 4.22. The van der Waals surface area contributed by atoms with E-state index in [1.807, 2.05) is 0 Å². The molecule has 0 aliphatic heterocycles. The van der Waals surface area contributed by atoms with Gasteiger partial charge in [0.25, 0.3) is 0 Å². The first kappa shape index (κ1) is 14.9. The molecular formula is C17H13Br2NS. The third-order valence-electron chi connectivity index (χ3n) is 3.33. The predicted molar refractivity (Wildman–Crippen MR) is 97.9 cm³/mol. The van der Waals surface area contributed by atoms with Gasteiger partial charge in [-0.05, 0) is 37.6 Å². The smallest absolute Gasteiger partial charge is 0.124 e. The third kappa shape index (κ3) is 3.12. The summed E-state index contributed by atoms with van der Waals surface area (Å²) in [5, 5.41) is 1.06. The first-order valence-corrected chi connectivity index (χ1v) is 8.95. The topological polar surface area (TPSA) is 12.9 Å². The average molecular weight is 423 g/mol. The lowest BCUT2D eigenvalue weighted by atomic mass is 10.1. The number of aryl methyl sites for hydroxylation is 2. The summed E-state index contributed by atoms with van der Waals surface area (Å²) in [5.41, 5.74) is 4.62. The van der Waals surface area contributed by atoms with Gasteiger partial charge in [-0.15, -0.1) is 11.3 Å². The minimum absolute atomic E-state index is 1.06. The van der Waals surface area contributed by atoms with Crippen molar-refractivity contribution in [1.29, 1.82) is 0 Å². The van der Waals surface area contributed by atoms with Crippen LogP contribution in [0.15, 0.2) is 51.4 Å². The Labute approximate surface area is 145 Å². The molecule has 0 atom stereocenters. The first-order chi connectivity index (χ1) is 10.0. The maximum Gasteiger partial charge on any atom is 0.124 e. The van der Waals surface area contributed by atoms with E-state index < -0.39 is 0 Å². The molecule has 1 heterocycles. The van der Waals surface area contributed by atoms with Crippen LogP contribution in [0, 0.1) is 13.8 Å². The molecule has 0 saturated carbocycles. The summed E-state index contributed by atoms with van der Waals surface area (Å²) in [5.74, 6) is 0. The Morgan fingerprint density at radius 2 is 1.57 bits per heavy atom. The van der Waals surface area contributed by atoms with Crippen LogP contribution in [-0.2, 0) is 0 Å². The molecular weight excluding hydrogens is 410 g/mol. The van der Waals surface area contributed by atoms with Gasteiger partial charge in [-0.1, -0.05) is 56.1 Å². The molecule has 21 heavy (non-hydrogen) atoms. The minimum Gasteiger partial charge on any atom is -0.236 e. The molecule has 0 amide bonds. The molecule has 0 fully saturated rings. The van der Waals surface area contributed by atoms with Gasteiger partial charge in [-0.2, -0.15) is 0 Å². The summed E-state index contributed by atoms with van der Waals surface area (Å²) in [4.78, 5) is 6.07. The number of hydrogen-bond donors (Lipinski definition) is 0. The molecule has 0 aliphatic carbocycles. The average Bonchev–Trinajstić information content (AvgIpc) is 2.85. The van der Waals surface area contributed by atoms with Gasteiger partial charge in [0, 0.05) is 24.9 Å². The Kier molecular flexibility index (Phi) is 4.29. The molecule has 0 N–H and O–H groups in total. The van der Waals surface area contributed by atoms with Crippen LogP contribution in [0.3, 0.4) is 0 Å². The van der Waals surface area contributed by atoms with Gasteiger partial charge in [0.1, 0.15) is 5.01 Å². The third-order valence-corrected chi connectivity index (χ3v) is 5.74. The number of nitrogens with zero attached hydrogens (tertiary/aromatic N) is 1. The zero-order valence-electron chi connectivity index (χ0n) is 11.7. The van der Waals surface area contributed by atoms with Crippen molar-refractivity contribution in [3.8, 4) is 21.8 Å². The SMILES string of the molecule is Cc1ccc(-c2nc(-c3ccc(Br)cc3)c(C)s2)cc1Br. The summed E-state index contributed by atoms with van der Waals surface area (Å²) in [6, 6.07) is 14.7.